The van der Waals surface area contributed by atoms with Crippen molar-refractivity contribution in [1.29, 1.82) is 0 Å². The smallest absolute Gasteiger partial charge is 0.126 e. The third kappa shape index (κ3) is 4.40. The number of rotatable bonds is 7. The van der Waals surface area contributed by atoms with E-state index in [0.29, 0.717) is 29.5 Å². The Morgan fingerprint density at radius 2 is 1.13 bits per heavy atom. The van der Waals surface area contributed by atoms with Crippen LogP contribution in [0.4, 0.5) is 8.78 Å². The van der Waals surface area contributed by atoms with Crippen molar-refractivity contribution in [2.45, 2.75) is 45.4 Å². The van der Waals surface area contributed by atoms with Gasteiger partial charge in [-0.15, -0.1) is 0 Å². The highest BCUT2D eigenvalue weighted by Gasteiger charge is 2.26. The van der Waals surface area contributed by atoms with Gasteiger partial charge in [-0.3, -0.25) is 0 Å². The van der Waals surface area contributed by atoms with Crippen LogP contribution in [0, 0.1) is 11.6 Å². The number of phenols is 3. The van der Waals surface area contributed by atoms with Gasteiger partial charge >= 0.3 is 0 Å². The minimum absolute atomic E-state index is 0.0416. The summed E-state index contributed by atoms with van der Waals surface area (Å²) in [6.45, 7) is 3.84. The third-order valence-electron chi connectivity index (χ3n) is 5.28. The highest BCUT2D eigenvalue weighted by molar-refractivity contribution is 5.55. The second-order valence-electron chi connectivity index (χ2n) is 7.53. The summed E-state index contributed by atoms with van der Waals surface area (Å²) in [7, 11) is 0. The molecule has 3 N–H and O–H groups in total. The first-order valence-electron chi connectivity index (χ1n) is 10.2. The normalized spacial score (nSPS) is 11.2. The van der Waals surface area contributed by atoms with Crippen molar-refractivity contribution in [2.24, 2.45) is 0 Å². The molecule has 0 saturated carbocycles. The number of aromatic hydroxyl groups is 3. The van der Waals surface area contributed by atoms with Gasteiger partial charge in [-0.05, 0) is 65.9 Å². The monoisotopic (exact) mass is 412 g/mol. The number of halogens is 2. The van der Waals surface area contributed by atoms with Gasteiger partial charge in [-0.25, -0.2) is 8.78 Å². The van der Waals surface area contributed by atoms with Crippen LogP contribution in [0.25, 0.3) is 0 Å². The quantitative estimate of drug-likeness (QED) is 0.407. The molecule has 0 aliphatic rings. The van der Waals surface area contributed by atoms with Gasteiger partial charge in [-0.2, -0.15) is 0 Å². The van der Waals surface area contributed by atoms with Crippen LogP contribution in [0.1, 0.15) is 60.4 Å². The molecule has 0 fully saturated rings. The van der Waals surface area contributed by atoms with Gasteiger partial charge in [-0.1, -0.05) is 38.8 Å². The van der Waals surface area contributed by atoms with E-state index in [4.69, 9.17) is 0 Å². The van der Waals surface area contributed by atoms with Gasteiger partial charge in [0.25, 0.3) is 0 Å². The number of hydrogen-bond acceptors (Lipinski definition) is 3. The molecule has 0 radical (unpaired) electrons. The molecule has 3 aromatic carbocycles. The molecule has 0 spiro atoms. The van der Waals surface area contributed by atoms with Crippen LogP contribution in [-0.4, -0.2) is 15.3 Å². The van der Waals surface area contributed by atoms with Crippen LogP contribution in [-0.2, 0) is 12.8 Å². The Balaban J connectivity index is 2.22. The second kappa shape index (κ2) is 9.16. The SMILES string of the molecule is CCCc1cc(O)c(C(c2ccc(O)cc2)c2cc(F)c(CCC)cc2O)cc1F. The maximum absolute atomic E-state index is 14.7. The van der Waals surface area contributed by atoms with Crippen LogP contribution in [0.5, 0.6) is 17.2 Å². The van der Waals surface area contributed by atoms with E-state index in [1.807, 2.05) is 13.8 Å². The van der Waals surface area contributed by atoms with Crippen molar-refractivity contribution in [3.05, 3.63) is 88.0 Å². The van der Waals surface area contributed by atoms with Gasteiger partial charge in [0, 0.05) is 17.0 Å². The van der Waals surface area contributed by atoms with E-state index in [1.54, 1.807) is 12.1 Å². The first-order valence-corrected chi connectivity index (χ1v) is 10.2. The highest BCUT2D eigenvalue weighted by Crippen LogP contribution is 2.42. The fourth-order valence-electron chi connectivity index (χ4n) is 3.82. The molecular weight excluding hydrogens is 386 g/mol. The zero-order valence-corrected chi connectivity index (χ0v) is 17.1. The number of benzene rings is 3. The zero-order valence-electron chi connectivity index (χ0n) is 17.1. The Kier molecular flexibility index (Phi) is 6.60. The van der Waals surface area contributed by atoms with Gasteiger partial charge in [0.1, 0.15) is 28.9 Å². The molecule has 30 heavy (non-hydrogen) atoms. The van der Waals surface area contributed by atoms with E-state index in [0.717, 1.165) is 12.8 Å². The molecule has 0 bridgehead atoms. The molecule has 3 aromatic rings. The molecule has 0 aromatic heterocycles. The molecule has 3 nitrogen and oxygen atoms in total. The fourth-order valence-corrected chi connectivity index (χ4v) is 3.82. The van der Waals surface area contributed by atoms with Crippen LogP contribution in [0.3, 0.4) is 0 Å². The summed E-state index contributed by atoms with van der Waals surface area (Å²) >= 11 is 0. The molecule has 0 aliphatic carbocycles. The number of phenolic OH excluding ortho intramolecular Hbond substituents is 3. The lowest BCUT2D eigenvalue weighted by Gasteiger charge is -2.22. The molecule has 158 valence electrons. The molecule has 3 rings (SSSR count). The molecule has 0 atom stereocenters. The standard InChI is InChI=1S/C25H26F2O3/c1-3-5-16-11-23(29)19(13-21(16)26)25(15-7-9-18(28)10-8-15)20-14-22(27)17(6-4-2)12-24(20)30/h7-14,25,28-30H,3-6H2,1-2H3. The average Bonchev–Trinajstić information content (AvgIpc) is 2.71. The Bertz CT molecular complexity index is 968. The van der Waals surface area contributed by atoms with E-state index in [-0.39, 0.29) is 28.4 Å². The maximum atomic E-state index is 14.7. The van der Waals surface area contributed by atoms with Crippen LogP contribution in [0.2, 0.25) is 0 Å². The third-order valence-corrected chi connectivity index (χ3v) is 5.28. The summed E-state index contributed by atoms with van der Waals surface area (Å²) in [5.41, 5.74) is 1.81. The van der Waals surface area contributed by atoms with Crippen molar-refractivity contribution >= 4 is 0 Å². The number of aryl methyl sites for hydroxylation is 2. The Labute approximate surface area is 175 Å². The predicted octanol–water partition coefficient (Wildman–Crippen LogP) is 6.17. The second-order valence-corrected chi connectivity index (χ2v) is 7.53. The molecule has 0 saturated heterocycles. The van der Waals surface area contributed by atoms with Gasteiger partial charge in [0.2, 0.25) is 0 Å². The lowest BCUT2D eigenvalue weighted by molar-refractivity contribution is 0.453. The van der Waals surface area contributed by atoms with Gasteiger partial charge < -0.3 is 15.3 Å². The van der Waals surface area contributed by atoms with E-state index in [2.05, 4.69) is 0 Å². The summed E-state index contributed by atoms with van der Waals surface area (Å²) in [6, 6.07) is 11.4. The molecule has 0 amide bonds. The molecule has 0 heterocycles. The van der Waals surface area contributed by atoms with Crippen molar-refractivity contribution in [1.82, 2.24) is 0 Å². The van der Waals surface area contributed by atoms with Crippen LogP contribution >= 0.6 is 0 Å². The Morgan fingerprint density at radius 3 is 1.53 bits per heavy atom. The summed E-state index contributed by atoms with van der Waals surface area (Å²) in [5, 5.41) is 31.0. The first-order chi connectivity index (χ1) is 14.3. The molecule has 0 unspecified atom stereocenters. The maximum Gasteiger partial charge on any atom is 0.126 e. The number of hydrogen-bond donors (Lipinski definition) is 3. The largest absolute Gasteiger partial charge is 0.508 e. The summed E-state index contributed by atoms with van der Waals surface area (Å²) in [6.07, 6.45) is 2.41. The van der Waals surface area contributed by atoms with E-state index < -0.39 is 17.6 Å². The molecule has 0 aliphatic heterocycles. The lowest BCUT2D eigenvalue weighted by atomic mass is 9.82. The zero-order chi connectivity index (χ0) is 21.8. The van der Waals surface area contributed by atoms with E-state index in [9.17, 15) is 24.1 Å². The molecule has 5 heteroatoms. The Morgan fingerprint density at radius 1 is 0.700 bits per heavy atom. The average molecular weight is 412 g/mol. The first kappa shape index (κ1) is 21.6. The van der Waals surface area contributed by atoms with Crippen LogP contribution in [0.15, 0.2) is 48.5 Å². The minimum atomic E-state index is -0.819. The summed E-state index contributed by atoms with van der Waals surface area (Å²) < 4.78 is 29.5. The fraction of sp³-hybridized carbons (Fsp3) is 0.280. The summed E-state index contributed by atoms with van der Waals surface area (Å²) in [4.78, 5) is 0. The van der Waals surface area contributed by atoms with Crippen molar-refractivity contribution in [3.8, 4) is 17.2 Å². The lowest BCUT2D eigenvalue weighted by Crippen LogP contribution is -2.07. The molecular formula is C25H26F2O3. The van der Waals surface area contributed by atoms with Gasteiger partial charge in [0.05, 0.1) is 0 Å². The highest BCUT2D eigenvalue weighted by atomic mass is 19.1. The van der Waals surface area contributed by atoms with Crippen molar-refractivity contribution in [3.63, 3.8) is 0 Å². The van der Waals surface area contributed by atoms with Crippen LogP contribution < -0.4 is 0 Å². The van der Waals surface area contributed by atoms with Crippen molar-refractivity contribution < 1.29 is 24.1 Å². The van der Waals surface area contributed by atoms with E-state index in [1.165, 1.54) is 36.4 Å². The minimum Gasteiger partial charge on any atom is -0.508 e. The Hall–Kier alpha value is -3.08. The topological polar surface area (TPSA) is 60.7 Å². The van der Waals surface area contributed by atoms with Crippen molar-refractivity contribution in [2.75, 3.05) is 0 Å². The summed E-state index contributed by atoms with van der Waals surface area (Å²) in [5.74, 6) is -1.96. The van der Waals surface area contributed by atoms with Gasteiger partial charge in [0.15, 0.2) is 0 Å². The van der Waals surface area contributed by atoms with E-state index >= 15 is 0 Å². The predicted molar refractivity (Wildman–Crippen MR) is 113 cm³/mol.